The Bertz CT molecular complexity index is 193. The van der Waals surface area contributed by atoms with E-state index in [9.17, 15) is 0 Å². The molecule has 1 heterocycles. The minimum absolute atomic E-state index is 0.395. The van der Waals surface area contributed by atoms with Crippen LogP contribution in [0.5, 0.6) is 0 Å². The van der Waals surface area contributed by atoms with Gasteiger partial charge in [-0.25, -0.2) is 0 Å². The third kappa shape index (κ3) is 2.07. The average molecular weight is 210 g/mol. The molecular weight excluding hydrogens is 184 g/mol. The van der Waals surface area contributed by atoms with E-state index in [0.29, 0.717) is 11.6 Å². The topological polar surface area (TPSA) is 29.3 Å². The van der Waals surface area contributed by atoms with Gasteiger partial charge in [-0.1, -0.05) is 32.6 Å². The van der Waals surface area contributed by atoms with Crippen molar-refractivity contribution < 1.29 is 0 Å². The summed E-state index contributed by atoms with van der Waals surface area (Å²) in [7, 11) is 0. The summed E-state index contributed by atoms with van der Waals surface area (Å²) in [5, 5.41) is 0. The zero-order valence-electron chi connectivity index (χ0n) is 10.2. The van der Waals surface area contributed by atoms with Gasteiger partial charge in [0.25, 0.3) is 0 Å². The smallest absolute Gasteiger partial charge is 0.0360 e. The monoisotopic (exact) mass is 210 g/mol. The lowest BCUT2D eigenvalue weighted by molar-refractivity contribution is 0.106. The van der Waals surface area contributed by atoms with Crippen molar-refractivity contribution >= 4 is 0 Å². The van der Waals surface area contributed by atoms with Gasteiger partial charge >= 0.3 is 0 Å². The molecule has 0 aromatic heterocycles. The highest BCUT2D eigenvalue weighted by molar-refractivity contribution is 5.04. The highest BCUT2D eigenvalue weighted by atomic mass is 15.2. The third-order valence-electron chi connectivity index (χ3n) is 4.49. The zero-order chi connectivity index (χ0) is 10.7. The van der Waals surface area contributed by atoms with Crippen LogP contribution in [0.15, 0.2) is 0 Å². The van der Waals surface area contributed by atoms with Crippen LogP contribution in [0.25, 0.3) is 0 Å². The van der Waals surface area contributed by atoms with Crippen molar-refractivity contribution in [1.82, 2.24) is 4.90 Å². The lowest BCUT2D eigenvalue weighted by Gasteiger charge is -2.41. The van der Waals surface area contributed by atoms with Crippen LogP contribution in [0.1, 0.15) is 58.3 Å². The van der Waals surface area contributed by atoms with E-state index in [1.54, 1.807) is 0 Å². The molecule has 1 saturated heterocycles. The molecular formula is C13H26N2. The number of hydrogen-bond donors (Lipinski definition) is 1. The van der Waals surface area contributed by atoms with Gasteiger partial charge in [-0.3, -0.25) is 4.90 Å². The fourth-order valence-electron chi connectivity index (χ4n) is 3.65. The Morgan fingerprint density at radius 3 is 2.47 bits per heavy atom. The van der Waals surface area contributed by atoms with Gasteiger partial charge in [0.05, 0.1) is 0 Å². The lowest BCUT2D eigenvalue weighted by Crippen LogP contribution is -2.53. The lowest BCUT2D eigenvalue weighted by atomic mass is 9.83. The van der Waals surface area contributed by atoms with E-state index in [2.05, 4.69) is 11.8 Å². The van der Waals surface area contributed by atoms with Crippen molar-refractivity contribution in [3.05, 3.63) is 0 Å². The van der Waals surface area contributed by atoms with E-state index >= 15 is 0 Å². The Kier molecular flexibility index (Phi) is 3.68. The first-order valence-electron chi connectivity index (χ1n) is 6.80. The summed E-state index contributed by atoms with van der Waals surface area (Å²) in [6, 6.07) is 0.446. The fourth-order valence-corrected chi connectivity index (χ4v) is 3.65. The normalized spacial score (nSPS) is 32.0. The predicted molar refractivity (Wildman–Crippen MR) is 64.9 cm³/mol. The maximum atomic E-state index is 6.39. The molecule has 2 nitrogen and oxygen atoms in total. The Balaban J connectivity index is 2.11. The second-order valence-corrected chi connectivity index (χ2v) is 5.40. The van der Waals surface area contributed by atoms with E-state index in [1.165, 1.54) is 64.5 Å². The summed E-state index contributed by atoms with van der Waals surface area (Å²) >= 11 is 0. The maximum absolute atomic E-state index is 6.39. The molecule has 0 aromatic rings. The van der Waals surface area contributed by atoms with Crippen LogP contribution in [0.3, 0.4) is 0 Å². The second kappa shape index (κ2) is 4.84. The Morgan fingerprint density at radius 2 is 1.87 bits per heavy atom. The van der Waals surface area contributed by atoms with Crippen molar-refractivity contribution in [1.29, 1.82) is 0 Å². The third-order valence-corrected chi connectivity index (χ3v) is 4.49. The van der Waals surface area contributed by atoms with Crippen molar-refractivity contribution in [3.8, 4) is 0 Å². The zero-order valence-corrected chi connectivity index (χ0v) is 10.2. The Morgan fingerprint density at radius 1 is 1.20 bits per heavy atom. The van der Waals surface area contributed by atoms with Gasteiger partial charge in [0.2, 0.25) is 0 Å². The van der Waals surface area contributed by atoms with Gasteiger partial charge < -0.3 is 5.73 Å². The minimum Gasteiger partial charge on any atom is -0.326 e. The summed E-state index contributed by atoms with van der Waals surface area (Å²) < 4.78 is 0. The molecule has 2 rings (SSSR count). The Hall–Kier alpha value is -0.0800. The predicted octanol–water partition coefficient (Wildman–Crippen LogP) is 2.52. The molecule has 0 bridgehead atoms. The number of nitrogens with two attached hydrogens (primary N) is 1. The van der Waals surface area contributed by atoms with Crippen LogP contribution in [0.2, 0.25) is 0 Å². The number of nitrogens with zero attached hydrogens (tertiary/aromatic N) is 1. The van der Waals surface area contributed by atoms with Gasteiger partial charge in [-0.05, 0) is 32.2 Å². The maximum Gasteiger partial charge on any atom is 0.0360 e. The largest absolute Gasteiger partial charge is 0.326 e. The van der Waals surface area contributed by atoms with E-state index in [0.717, 1.165) is 0 Å². The Labute approximate surface area is 94.2 Å². The minimum atomic E-state index is 0.395. The first-order valence-corrected chi connectivity index (χ1v) is 6.80. The quantitative estimate of drug-likeness (QED) is 0.759. The van der Waals surface area contributed by atoms with Gasteiger partial charge in [0.1, 0.15) is 0 Å². The molecule has 1 saturated carbocycles. The van der Waals surface area contributed by atoms with Crippen molar-refractivity contribution in [2.24, 2.45) is 5.73 Å². The molecule has 1 aliphatic carbocycles. The van der Waals surface area contributed by atoms with E-state index < -0.39 is 0 Å². The van der Waals surface area contributed by atoms with Crippen LogP contribution in [-0.2, 0) is 0 Å². The number of likely N-dealkylation sites (tertiary alicyclic amines) is 1. The van der Waals surface area contributed by atoms with Crippen LogP contribution < -0.4 is 5.73 Å². The van der Waals surface area contributed by atoms with Crippen molar-refractivity contribution in [2.75, 3.05) is 13.1 Å². The molecule has 88 valence electrons. The first-order chi connectivity index (χ1) is 7.29. The average Bonchev–Trinajstić information content (AvgIpc) is 2.46. The molecule has 1 atom stereocenters. The molecule has 2 heteroatoms. The number of hydrogen-bond acceptors (Lipinski definition) is 2. The van der Waals surface area contributed by atoms with Crippen LogP contribution in [-0.4, -0.2) is 29.6 Å². The van der Waals surface area contributed by atoms with Gasteiger partial charge in [0, 0.05) is 18.1 Å². The molecule has 2 aliphatic rings. The molecule has 0 aromatic carbocycles. The van der Waals surface area contributed by atoms with E-state index in [1.807, 2.05) is 0 Å². The molecule has 1 spiro atoms. The first kappa shape index (κ1) is 11.4. The highest BCUT2D eigenvalue weighted by Gasteiger charge is 2.45. The summed E-state index contributed by atoms with van der Waals surface area (Å²) in [6.07, 6.45) is 10.8. The fraction of sp³-hybridized carbons (Fsp3) is 1.00. The van der Waals surface area contributed by atoms with Crippen molar-refractivity contribution in [2.45, 2.75) is 69.9 Å². The van der Waals surface area contributed by atoms with Gasteiger partial charge in [-0.2, -0.15) is 0 Å². The summed E-state index contributed by atoms with van der Waals surface area (Å²) in [5.74, 6) is 0. The number of rotatable bonds is 2. The van der Waals surface area contributed by atoms with Gasteiger partial charge in [0.15, 0.2) is 0 Å². The molecule has 1 aliphatic heterocycles. The molecule has 15 heavy (non-hydrogen) atoms. The SMILES string of the molecule is CCCN1CCC(N)C12CCCCCC2. The van der Waals surface area contributed by atoms with Crippen LogP contribution >= 0.6 is 0 Å². The molecule has 1 unspecified atom stereocenters. The molecule has 0 amide bonds. The summed E-state index contributed by atoms with van der Waals surface area (Å²) in [5.41, 5.74) is 6.79. The summed E-state index contributed by atoms with van der Waals surface area (Å²) in [6.45, 7) is 4.79. The van der Waals surface area contributed by atoms with Crippen LogP contribution in [0.4, 0.5) is 0 Å². The second-order valence-electron chi connectivity index (χ2n) is 5.40. The van der Waals surface area contributed by atoms with E-state index in [4.69, 9.17) is 5.73 Å². The molecule has 2 N–H and O–H groups in total. The molecule has 0 radical (unpaired) electrons. The summed E-state index contributed by atoms with van der Waals surface area (Å²) in [4.78, 5) is 2.71. The highest BCUT2D eigenvalue weighted by Crippen LogP contribution is 2.39. The standard InChI is InChI=1S/C13H26N2/c1-2-10-15-11-7-12(14)13(15)8-5-3-4-6-9-13/h12H,2-11,14H2,1H3. The van der Waals surface area contributed by atoms with Crippen LogP contribution in [0, 0.1) is 0 Å². The van der Waals surface area contributed by atoms with Crippen molar-refractivity contribution in [3.63, 3.8) is 0 Å². The molecule has 2 fully saturated rings. The van der Waals surface area contributed by atoms with Gasteiger partial charge in [-0.15, -0.1) is 0 Å². The van der Waals surface area contributed by atoms with E-state index in [-0.39, 0.29) is 0 Å².